The van der Waals surface area contributed by atoms with Gasteiger partial charge in [0, 0.05) is 18.0 Å². The molecule has 1 aromatic rings. The van der Waals surface area contributed by atoms with E-state index < -0.39 is 5.60 Å². The van der Waals surface area contributed by atoms with Gasteiger partial charge in [-0.15, -0.1) is 35.3 Å². The smallest absolute Gasteiger partial charge is 0.191 e. The van der Waals surface area contributed by atoms with E-state index in [1.165, 1.54) is 6.42 Å². The molecule has 19 heavy (non-hydrogen) atoms. The van der Waals surface area contributed by atoms with Crippen LogP contribution in [0.2, 0.25) is 0 Å². The zero-order chi connectivity index (χ0) is 13.2. The lowest BCUT2D eigenvalue weighted by Crippen LogP contribution is -2.45. The first-order chi connectivity index (χ1) is 8.53. The number of rotatable bonds is 4. The van der Waals surface area contributed by atoms with Gasteiger partial charge in [0.15, 0.2) is 5.96 Å². The highest BCUT2D eigenvalue weighted by atomic mass is 127. The van der Waals surface area contributed by atoms with Crippen LogP contribution in [-0.4, -0.2) is 30.7 Å². The second kappa shape index (κ2) is 6.90. The molecule has 0 amide bonds. The molecule has 3 N–H and O–H groups in total. The van der Waals surface area contributed by atoms with E-state index in [1.807, 2.05) is 24.4 Å². The Morgan fingerprint density at radius 2 is 2.32 bits per heavy atom. The van der Waals surface area contributed by atoms with Crippen LogP contribution in [0, 0.1) is 5.92 Å². The average molecular weight is 395 g/mol. The third kappa shape index (κ3) is 4.61. The Hall–Kier alpha value is -0.340. The van der Waals surface area contributed by atoms with Crippen molar-refractivity contribution in [1.82, 2.24) is 10.6 Å². The highest BCUT2D eigenvalue weighted by Crippen LogP contribution is 2.29. The third-order valence-electron chi connectivity index (χ3n) is 3.31. The molecular weight excluding hydrogens is 373 g/mol. The molecule has 0 spiro atoms. The summed E-state index contributed by atoms with van der Waals surface area (Å²) in [5.74, 6) is 1.49. The fraction of sp³-hybridized carbons (Fsp3) is 0.615. The minimum absolute atomic E-state index is 0. The molecule has 1 aliphatic carbocycles. The van der Waals surface area contributed by atoms with Crippen molar-refractivity contribution in [1.29, 1.82) is 0 Å². The van der Waals surface area contributed by atoms with E-state index in [9.17, 15) is 5.11 Å². The summed E-state index contributed by atoms with van der Waals surface area (Å²) in [6, 6.07) is 4.43. The van der Waals surface area contributed by atoms with Gasteiger partial charge in [0.1, 0.15) is 5.60 Å². The minimum atomic E-state index is -0.860. The van der Waals surface area contributed by atoms with E-state index in [0.717, 1.165) is 16.8 Å². The van der Waals surface area contributed by atoms with Crippen molar-refractivity contribution >= 4 is 41.3 Å². The predicted molar refractivity (Wildman–Crippen MR) is 91.4 cm³/mol. The molecule has 0 saturated heterocycles. The zero-order valence-corrected chi connectivity index (χ0v) is 14.7. The number of nitrogens with one attached hydrogen (secondary N) is 2. The Labute approximate surface area is 135 Å². The van der Waals surface area contributed by atoms with Gasteiger partial charge in [0.05, 0.1) is 6.54 Å². The summed E-state index contributed by atoms with van der Waals surface area (Å²) >= 11 is 1.57. The van der Waals surface area contributed by atoms with E-state index >= 15 is 0 Å². The third-order valence-corrected chi connectivity index (χ3v) is 4.43. The first-order valence-corrected chi connectivity index (χ1v) is 7.14. The van der Waals surface area contributed by atoms with Crippen molar-refractivity contribution in [2.24, 2.45) is 10.9 Å². The van der Waals surface area contributed by atoms with Crippen molar-refractivity contribution in [2.45, 2.75) is 31.9 Å². The summed E-state index contributed by atoms with van der Waals surface area (Å²) in [6.45, 7) is 4.49. The maximum absolute atomic E-state index is 10.4. The molecule has 108 valence electrons. The van der Waals surface area contributed by atoms with E-state index in [0.29, 0.717) is 12.6 Å². The molecule has 1 aliphatic rings. The standard InChI is InChI=1S/C13H21N3OS.HI/c1-9-7-10(9)16-12(14-3)15-8-13(2,17)11-5-4-6-18-11;/h4-6,9-10,17H,7-8H2,1-3H3,(H2,14,15,16);1H. The first-order valence-electron chi connectivity index (χ1n) is 6.26. The lowest BCUT2D eigenvalue weighted by Gasteiger charge is -2.23. The van der Waals surface area contributed by atoms with Crippen molar-refractivity contribution in [3.8, 4) is 0 Å². The molecule has 0 aromatic carbocycles. The van der Waals surface area contributed by atoms with Gasteiger partial charge in [-0.25, -0.2) is 0 Å². The van der Waals surface area contributed by atoms with Gasteiger partial charge < -0.3 is 15.7 Å². The van der Waals surface area contributed by atoms with Gasteiger partial charge in [-0.2, -0.15) is 0 Å². The summed E-state index contributed by atoms with van der Waals surface area (Å²) in [6.07, 6.45) is 1.20. The van der Waals surface area contributed by atoms with Crippen LogP contribution in [0.1, 0.15) is 25.1 Å². The van der Waals surface area contributed by atoms with Crippen LogP contribution in [0.5, 0.6) is 0 Å². The highest BCUT2D eigenvalue weighted by molar-refractivity contribution is 14.0. The number of hydrogen-bond acceptors (Lipinski definition) is 3. The van der Waals surface area contributed by atoms with Gasteiger partial charge in [-0.3, -0.25) is 4.99 Å². The first kappa shape index (κ1) is 16.7. The quantitative estimate of drug-likeness (QED) is 0.416. The van der Waals surface area contributed by atoms with Crippen molar-refractivity contribution in [3.63, 3.8) is 0 Å². The molecule has 0 bridgehead atoms. The Balaban J connectivity index is 0.00000180. The number of nitrogens with zero attached hydrogens (tertiary/aromatic N) is 1. The fourth-order valence-electron chi connectivity index (χ4n) is 1.82. The number of thiophene rings is 1. The van der Waals surface area contributed by atoms with Crippen LogP contribution in [0.4, 0.5) is 0 Å². The normalized spacial score (nSPS) is 25.2. The van der Waals surface area contributed by atoms with Crippen molar-refractivity contribution in [3.05, 3.63) is 22.4 Å². The number of aliphatic imine (C=N–C) groups is 1. The fourth-order valence-corrected chi connectivity index (χ4v) is 2.61. The summed E-state index contributed by atoms with van der Waals surface area (Å²) < 4.78 is 0. The van der Waals surface area contributed by atoms with Crippen LogP contribution in [0.15, 0.2) is 22.5 Å². The van der Waals surface area contributed by atoms with Gasteiger partial charge in [-0.05, 0) is 30.7 Å². The molecule has 2 rings (SSSR count). The van der Waals surface area contributed by atoms with Gasteiger partial charge in [0.2, 0.25) is 0 Å². The summed E-state index contributed by atoms with van der Waals surface area (Å²) in [7, 11) is 1.75. The maximum atomic E-state index is 10.4. The molecule has 6 heteroatoms. The highest BCUT2D eigenvalue weighted by Gasteiger charge is 2.33. The van der Waals surface area contributed by atoms with E-state index in [1.54, 1.807) is 18.4 Å². The zero-order valence-electron chi connectivity index (χ0n) is 11.5. The molecule has 3 unspecified atom stereocenters. The molecule has 1 fully saturated rings. The van der Waals surface area contributed by atoms with Crippen LogP contribution in [-0.2, 0) is 5.60 Å². The predicted octanol–water partition coefficient (Wildman–Crippen LogP) is 2.15. The topological polar surface area (TPSA) is 56.7 Å². The van der Waals surface area contributed by atoms with Crippen LogP contribution >= 0.6 is 35.3 Å². The van der Waals surface area contributed by atoms with Crippen LogP contribution < -0.4 is 10.6 Å². The SMILES string of the molecule is CN=C(NCC(C)(O)c1cccs1)NC1CC1C.I. The number of guanidine groups is 1. The van der Waals surface area contributed by atoms with Gasteiger partial charge >= 0.3 is 0 Å². The second-order valence-corrected chi connectivity index (χ2v) is 6.09. The number of halogens is 1. The van der Waals surface area contributed by atoms with E-state index in [2.05, 4.69) is 22.5 Å². The maximum Gasteiger partial charge on any atom is 0.191 e. The Morgan fingerprint density at radius 3 is 2.79 bits per heavy atom. The Kier molecular flexibility index (Phi) is 6.07. The van der Waals surface area contributed by atoms with Gasteiger partial charge in [-0.1, -0.05) is 13.0 Å². The van der Waals surface area contributed by atoms with Crippen LogP contribution in [0.3, 0.4) is 0 Å². The number of hydrogen-bond donors (Lipinski definition) is 3. The molecular formula is C13H22IN3OS. The van der Waals surface area contributed by atoms with E-state index in [-0.39, 0.29) is 24.0 Å². The molecule has 4 nitrogen and oxygen atoms in total. The lowest BCUT2D eigenvalue weighted by molar-refractivity contribution is 0.0655. The summed E-state index contributed by atoms with van der Waals surface area (Å²) in [4.78, 5) is 5.14. The van der Waals surface area contributed by atoms with E-state index in [4.69, 9.17) is 0 Å². The molecule has 0 aliphatic heterocycles. The average Bonchev–Trinajstić information content (AvgIpc) is 2.85. The minimum Gasteiger partial charge on any atom is -0.383 e. The van der Waals surface area contributed by atoms with Crippen molar-refractivity contribution in [2.75, 3.05) is 13.6 Å². The molecule has 1 saturated carbocycles. The van der Waals surface area contributed by atoms with Crippen LogP contribution in [0.25, 0.3) is 0 Å². The summed E-state index contributed by atoms with van der Waals surface area (Å²) in [5.41, 5.74) is -0.860. The molecule has 1 heterocycles. The Bertz CT molecular complexity index is 420. The number of aliphatic hydroxyl groups is 1. The lowest BCUT2D eigenvalue weighted by atomic mass is 10.1. The summed E-state index contributed by atoms with van der Waals surface area (Å²) in [5, 5.41) is 18.9. The Morgan fingerprint density at radius 1 is 1.63 bits per heavy atom. The molecule has 1 aromatic heterocycles. The largest absolute Gasteiger partial charge is 0.383 e. The van der Waals surface area contributed by atoms with Crippen molar-refractivity contribution < 1.29 is 5.11 Å². The molecule has 0 radical (unpaired) electrons. The second-order valence-electron chi connectivity index (χ2n) is 5.14. The van der Waals surface area contributed by atoms with Gasteiger partial charge in [0.25, 0.3) is 0 Å². The monoisotopic (exact) mass is 395 g/mol. The molecule has 3 atom stereocenters.